The van der Waals surface area contributed by atoms with Gasteiger partial charge in [-0.2, -0.15) is 0 Å². The largest absolute Gasteiger partial charge is 0.486 e. The van der Waals surface area contributed by atoms with E-state index < -0.39 is 0 Å². The van der Waals surface area contributed by atoms with Crippen molar-refractivity contribution >= 4 is 0 Å². The number of piperazine rings is 1. The summed E-state index contributed by atoms with van der Waals surface area (Å²) in [6, 6.07) is 19.3. The number of ether oxygens (including phenoxy) is 2. The van der Waals surface area contributed by atoms with E-state index in [1.807, 2.05) is 7.05 Å². The summed E-state index contributed by atoms with van der Waals surface area (Å²) in [5.41, 5.74) is 2.88. The minimum Gasteiger partial charge on any atom is -0.486 e. The maximum Gasteiger partial charge on any atom is 0.125 e. The van der Waals surface area contributed by atoms with E-state index in [0.29, 0.717) is 5.54 Å². The lowest BCUT2D eigenvalue weighted by Crippen LogP contribution is -2.61. The molecule has 0 radical (unpaired) electrons. The fourth-order valence-corrected chi connectivity index (χ4v) is 6.15. The summed E-state index contributed by atoms with van der Waals surface area (Å²) in [5.74, 6) is 0.967. The molecular formula is C31H47N3O2. The van der Waals surface area contributed by atoms with Crippen LogP contribution in [0.3, 0.4) is 0 Å². The van der Waals surface area contributed by atoms with Crippen molar-refractivity contribution in [1.29, 1.82) is 0 Å². The van der Waals surface area contributed by atoms with Crippen molar-refractivity contribution in [2.45, 2.75) is 70.1 Å². The number of nitrogens with zero attached hydrogens (tertiary/aromatic N) is 2. The van der Waals surface area contributed by atoms with Crippen molar-refractivity contribution in [2.24, 2.45) is 0 Å². The summed E-state index contributed by atoms with van der Waals surface area (Å²) in [6.07, 6.45) is 5.58. The molecule has 0 bridgehead atoms. The highest BCUT2D eigenvalue weighted by Gasteiger charge is 2.44. The van der Waals surface area contributed by atoms with E-state index in [4.69, 9.17) is 9.47 Å². The van der Waals surface area contributed by atoms with Crippen molar-refractivity contribution in [3.8, 4) is 5.75 Å². The molecule has 2 aliphatic heterocycles. The number of nitrogens with one attached hydrogen (secondary N) is 1. The predicted octanol–water partition coefficient (Wildman–Crippen LogP) is 5.31. The Morgan fingerprint density at radius 1 is 1.03 bits per heavy atom. The van der Waals surface area contributed by atoms with E-state index in [9.17, 15) is 0 Å². The highest BCUT2D eigenvalue weighted by Crippen LogP contribution is 2.39. The molecule has 2 heterocycles. The molecule has 2 saturated heterocycles. The van der Waals surface area contributed by atoms with Gasteiger partial charge in [0.25, 0.3) is 0 Å². The van der Waals surface area contributed by atoms with Gasteiger partial charge in [0.05, 0.1) is 5.60 Å². The fraction of sp³-hybridized carbons (Fsp3) is 0.613. The van der Waals surface area contributed by atoms with Gasteiger partial charge in [-0.25, -0.2) is 0 Å². The third-order valence-electron chi connectivity index (χ3n) is 8.24. The lowest BCUT2D eigenvalue weighted by atomic mass is 9.77. The molecule has 2 aliphatic rings. The fourth-order valence-electron chi connectivity index (χ4n) is 6.15. The molecular weight excluding hydrogens is 446 g/mol. The normalized spacial score (nSPS) is 23.9. The second-order valence-electron chi connectivity index (χ2n) is 11.2. The minimum absolute atomic E-state index is 0.00888. The highest BCUT2D eigenvalue weighted by atomic mass is 16.5. The van der Waals surface area contributed by atoms with E-state index in [0.717, 1.165) is 77.3 Å². The van der Waals surface area contributed by atoms with Crippen LogP contribution in [0.2, 0.25) is 0 Å². The van der Waals surface area contributed by atoms with Crippen LogP contribution in [0.4, 0.5) is 0 Å². The van der Waals surface area contributed by atoms with E-state index >= 15 is 0 Å². The standard InChI is InChI=1S/C31H47N3O2/c1-5-31(16-23-35-30(2,3)25-31)34-21-19-33(20-22-34)18-15-26-10-9-13-28(24-26)36-29(14-17-32-4)27-11-7-6-8-12-27/h6-13,24,29,32H,5,14-23,25H2,1-4H3. The lowest BCUT2D eigenvalue weighted by Gasteiger charge is -2.53. The predicted molar refractivity (Wildman–Crippen MR) is 149 cm³/mol. The minimum atomic E-state index is -0.00888. The zero-order chi connectivity index (χ0) is 25.4. The second kappa shape index (κ2) is 12.6. The first kappa shape index (κ1) is 27.1. The Hall–Kier alpha value is -1.92. The molecule has 4 rings (SSSR count). The molecule has 198 valence electrons. The van der Waals surface area contributed by atoms with Gasteiger partial charge < -0.3 is 19.7 Å². The van der Waals surface area contributed by atoms with Crippen LogP contribution in [0, 0.1) is 0 Å². The SMILES string of the molecule is CCC1(N2CCN(CCc3cccc(OC(CCNC)c4ccccc4)c3)CC2)CCOC(C)(C)C1. The van der Waals surface area contributed by atoms with E-state index in [1.165, 1.54) is 17.5 Å². The van der Waals surface area contributed by atoms with Crippen molar-refractivity contribution < 1.29 is 9.47 Å². The number of hydrogen-bond donors (Lipinski definition) is 1. The average Bonchev–Trinajstić information content (AvgIpc) is 2.90. The first-order chi connectivity index (χ1) is 17.4. The summed E-state index contributed by atoms with van der Waals surface area (Å²) >= 11 is 0. The van der Waals surface area contributed by atoms with Gasteiger partial charge in [-0.3, -0.25) is 4.90 Å². The van der Waals surface area contributed by atoms with E-state index in [1.54, 1.807) is 0 Å². The van der Waals surface area contributed by atoms with Crippen LogP contribution in [-0.2, 0) is 11.2 Å². The van der Waals surface area contributed by atoms with Crippen LogP contribution < -0.4 is 10.1 Å². The molecule has 2 aromatic rings. The van der Waals surface area contributed by atoms with Gasteiger partial charge in [-0.1, -0.05) is 49.4 Å². The van der Waals surface area contributed by atoms with E-state index in [2.05, 4.69) is 90.5 Å². The highest BCUT2D eigenvalue weighted by molar-refractivity contribution is 5.30. The van der Waals surface area contributed by atoms with Crippen LogP contribution >= 0.6 is 0 Å². The van der Waals surface area contributed by atoms with Crippen LogP contribution in [0.25, 0.3) is 0 Å². The van der Waals surface area contributed by atoms with Crippen molar-refractivity contribution in [3.05, 3.63) is 65.7 Å². The van der Waals surface area contributed by atoms with Crippen molar-refractivity contribution in [1.82, 2.24) is 15.1 Å². The Morgan fingerprint density at radius 2 is 1.81 bits per heavy atom. The summed E-state index contributed by atoms with van der Waals surface area (Å²) in [7, 11) is 1.99. The molecule has 5 nitrogen and oxygen atoms in total. The molecule has 0 aliphatic carbocycles. The van der Waals surface area contributed by atoms with Gasteiger partial charge >= 0.3 is 0 Å². The van der Waals surface area contributed by atoms with Gasteiger partial charge in [0.1, 0.15) is 11.9 Å². The van der Waals surface area contributed by atoms with Crippen molar-refractivity contribution in [2.75, 3.05) is 52.9 Å². The third-order valence-corrected chi connectivity index (χ3v) is 8.24. The Balaban J connectivity index is 1.30. The molecule has 0 aromatic heterocycles. The number of hydrogen-bond acceptors (Lipinski definition) is 5. The monoisotopic (exact) mass is 493 g/mol. The van der Waals surface area contributed by atoms with Crippen LogP contribution in [0.5, 0.6) is 5.75 Å². The van der Waals surface area contributed by atoms with Crippen LogP contribution in [0.1, 0.15) is 63.7 Å². The Kier molecular flexibility index (Phi) is 9.46. The quantitative estimate of drug-likeness (QED) is 0.459. The second-order valence-corrected chi connectivity index (χ2v) is 11.2. The average molecular weight is 494 g/mol. The molecule has 0 spiro atoms. The van der Waals surface area contributed by atoms with Gasteiger partial charge in [0, 0.05) is 51.3 Å². The molecule has 5 heteroatoms. The van der Waals surface area contributed by atoms with Gasteiger partial charge in [0.2, 0.25) is 0 Å². The van der Waals surface area contributed by atoms with E-state index in [-0.39, 0.29) is 11.7 Å². The molecule has 0 amide bonds. The molecule has 2 unspecified atom stereocenters. The lowest BCUT2D eigenvalue weighted by molar-refractivity contribution is -0.128. The molecule has 2 atom stereocenters. The van der Waals surface area contributed by atoms with Gasteiger partial charge in [-0.05, 0) is 76.4 Å². The number of benzene rings is 2. The summed E-state index contributed by atoms with van der Waals surface area (Å²) in [6.45, 7) is 14.4. The topological polar surface area (TPSA) is 37.0 Å². The molecule has 36 heavy (non-hydrogen) atoms. The smallest absolute Gasteiger partial charge is 0.125 e. The summed E-state index contributed by atoms with van der Waals surface area (Å²) < 4.78 is 12.5. The molecule has 2 fully saturated rings. The van der Waals surface area contributed by atoms with Crippen LogP contribution in [-0.4, -0.2) is 73.9 Å². The zero-order valence-corrected chi connectivity index (χ0v) is 23.0. The third kappa shape index (κ3) is 7.10. The maximum atomic E-state index is 6.49. The molecule has 0 saturated carbocycles. The summed E-state index contributed by atoms with van der Waals surface area (Å²) in [5, 5.41) is 3.26. The number of rotatable bonds is 11. The Labute approximate surface area is 219 Å². The maximum absolute atomic E-state index is 6.49. The Morgan fingerprint density at radius 3 is 2.50 bits per heavy atom. The Bertz CT molecular complexity index is 926. The molecule has 1 N–H and O–H groups in total. The first-order valence-corrected chi connectivity index (χ1v) is 14.0. The van der Waals surface area contributed by atoms with Crippen molar-refractivity contribution in [3.63, 3.8) is 0 Å². The summed E-state index contributed by atoms with van der Waals surface area (Å²) in [4.78, 5) is 5.41. The van der Waals surface area contributed by atoms with Gasteiger partial charge in [0.15, 0.2) is 0 Å². The molecule has 2 aromatic carbocycles. The van der Waals surface area contributed by atoms with Gasteiger partial charge in [-0.15, -0.1) is 0 Å². The van der Waals surface area contributed by atoms with Crippen LogP contribution in [0.15, 0.2) is 54.6 Å². The first-order valence-electron chi connectivity index (χ1n) is 14.0. The zero-order valence-electron chi connectivity index (χ0n) is 23.0.